The second-order valence-electron chi connectivity index (χ2n) is 18.4. The number of rotatable bonds is 9. The van der Waals surface area contributed by atoms with E-state index in [0.717, 1.165) is 12.8 Å². The average molecular weight is 641 g/mol. The standard InChI is InChI=1S/C39H68O3Si2/c1-27(16-23-35(40)30-18-19-30)33-21-22-34-29(15-14-24-39(33,34)9)17-20-31-25-32(41-43(10,11)37(3,4)5)26-36(28(31)2)42-44(12,13)38(6,7)8/h16-17,20,23,27,30,32-36,40H,2,14-15,18-19,21-22,24-26H2,1,3-13H3/b23-16+,29-17+,31-20+/t27-,32-,33-,34?,35-,36+,39-/m1/s1. The lowest BCUT2D eigenvalue weighted by atomic mass is 9.61. The first-order valence-corrected chi connectivity index (χ1v) is 23.8. The quantitative estimate of drug-likeness (QED) is 0.201. The van der Waals surface area contributed by atoms with Gasteiger partial charge in [0.1, 0.15) is 0 Å². The molecule has 4 aliphatic rings. The highest BCUT2D eigenvalue weighted by Crippen LogP contribution is 2.59. The van der Waals surface area contributed by atoms with Gasteiger partial charge in [0.2, 0.25) is 0 Å². The Bertz CT molecular complexity index is 1130. The lowest BCUT2D eigenvalue weighted by Crippen LogP contribution is -2.49. The monoisotopic (exact) mass is 640 g/mol. The van der Waals surface area contributed by atoms with Crippen molar-refractivity contribution in [1.29, 1.82) is 0 Å². The van der Waals surface area contributed by atoms with Crippen LogP contribution in [-0.2, 0) is 8.85 Å². The van der Waals surface area contributed by atoms with Crippen molar-refractivity contribution < 1.29 is 14.0 Å². The number of fused-ring (bicyclic) bond motifs is 1. The Labute approximate surface area is 274 Å². The third kappa shape index (κ3) is 7.86. The van der Waals surface area contributed by atoms with Crippen LogP contribution in [0.5, 0.6) is 0 Å². The summed E-state index contributed by atoms with van der Waals surface area (Å²) in [5.74, 6) is 2.35. The van der Waals surface area contributed by atoms with Crippen molar-refractivity contribution in [2.45, 2.75) is 168 Å². The van der Waals surface area contributed by atoms with Crippen molar-refractivity contribution in [2.24, 2.45) is 29.1 Å². The molecule has 0 saturated heterocycles. The third-order valence-corrected chi connectivity index (χ3v) is 22.1. The summed E-state index contributed by atoms with van der Waals surface area (Å²) in [7, 11) is -3.90. The van der Waals surface area contributed by atoms with Gasteiger partial charge in [-0.15, -0.1) is 0 Å². The molecule has 44 heavy (non-hydrogen) atoms. The highest BCUT2D eigenvalue weighted by Gasteiger charge is 2.50. The summed E-state index contributed by atoms with van der Waals surface area (Å²) in [5, 5.41) is 10.8. The molecule has 5 heteroatoms. The maximum absolute atomic E-state index is 10.5. The average Bonchev–Trinajstić information content (AvgIpc) is 3.68. The fourth-order valence-electron chi connectivity index (χ4n) is 7.93. The van der Waals surface area contributed by atoms with Gasteiger partial charge in [-0.2, -0.15) is 0 Å². The van der Waals surface area contributed by atoms with Gasteiger partial charge >= 0.3 is 0 Å². The predicted octanol–water partition coefficient (Wildman–Crippen LogP) is 11.1. The van der Waals surface area contributed by atoms with E-state index in [0.29, 0.717) is 29.1 Å². The Morgan fingerprint density at radius 1 is 0.909 bits per heavy atom. The van der Waals surface area contributed by atoms with Crippen LogP contribution in [0.25, 0.3) is 0 Å². The molecule has 1 N–H and O–H groups in total. The minimum Gasteiger partial charge on any atom is -0.413 e. The van der Waals surface area contributed by atoms with Crippen molar-refractivity contribution in [1.82, 2.24) is 0 Å². The Hall–Kier alpha value is -0.726. The summed E-state index contributed by atoms with van der Waals surface area (Å²) in [6.45, 7) is 33.2. The molecule has 7 atom stereocenters. The summed E-state index contributed by atoms with van der Waals surface area (Å²) >= 11 is 0. The zero-order valence-corrected chi connectivity index (χ0v) is 32.7. The minimum atomic E-state index is -1.98. The van der Waals surface area contributed by atoms with Crippen LogP contribution < -0.4 is 0 Å². The number of allylic oxidation sites excluding steroid dienone is 4. The van der Waals surface area contributed by atoms with Gasteiger partial charge in [-0.25, -0.2) is 0 Å². The zero-order chi connectivity index (χ0) is 32.9. The summed E-state index contributed by atoms with van der Waals surface area (Å²) in [4.78, 5) is 0. The van der Waals surface area contributed by atoms with Crippen molar-refractivity contribution in [3.8, 4) is 0 Å². The third-order valence-electron chi connectivity index (χ3n) is 13.1. The molecule has 4 aliphatic carbocycles. The van der Waals surface area contributed by atoms with Gasteiger partial charge in [-0.3, -0.25) is 0 Å². The van der Waals surface area contributed by atoms with Crippen LogP contribution in [0.3, 0.4) is 0 Å². The molecule has 0 aromatic carbocycles. The van der Waals surface area contributed by atoms with Crippen molar-refractivity contribution in [3.63, 3.8) is 0 Å². The van der Waals surface area contributed by atoms with Crippen LogP contribution in [0.15, 0.2) is 47.6 Å². The molecule has 1 unspecified atom stereocenters. The maximum Gasteiger partial charge on any atom is 0.192 e. The summed E-state index contributed by atoms with van der Waals surface area (Å²) in [5.41, 5.74) is 4.49. The van der Waals surface area contributed by atoms with Gasteiger partial charge in [0.15, 0.2) is 16.6 Å². The van der Waals surface area contributed by atoms with Gasteiger partial charge in [0.25, 0.3) is 0 Å². The van der Waals surface area contributed by atoms with Crippen LogP contribution in [0, 0.1) is 29.1 Å². The van der Waals surface area contributed by atoms with Gasteiger partial charge < -0.3 is 14.0 Å². The van der Waals surface area contributed by atoms with E-state index in [4.69, 9.17) is 8.85 Å². The molecule has 0 bridgehead atoms. The number of aliphatic hydroxyl groups excluding tert-OH is 1. The van der Waals surface area contributed by atoms with Crippen LogP contribution in [0.2, 0.25) is 36.3 Å². The number of hydrogen-bond donors (Lipinski definition) is 1. The van der Waals surface area contributed by atoms with Crippen LogP contribution in [-0.4, -0.2) is 40.1 Å². The Kier molecular flexibility index (Phi) is 10.7. The topological polar surface area (TPSA) is 38.7 Å². The first-order valence-electron chi connectivity index (χ1n) is 18.0. The first-order chi connectivity index (χ1) is 20.2. The predicted molar refractivity (Wildman–Crippen MR) is 194 cm³/mol. The van der Waals surface area contributed by atoms with Gasteiger partial charge in [-0.1, -0.05) is 91.8 Å². The molecule has 0 radical (unpaired) electrons. The first kappa shape index (κ1) is 36.1. The fraction of sp³-hybridized carbons (Fsp3) is 0.795. The summed E-state index contributed by atoms with van der Waals surface area (Å²) < 4.78 is 14.2. The van der Waals surface area contributed by atoms with Crippen LogP contribution in [0.1, 0.15) is 113 Å². The van der Waals surface area contributed by atoms with Gasteiger partial charge in [0, 0.05) is 6.42 Å². The normalized spacial score (nSPS) is 34.2. The maximum atomic E-state index is 10.5. The lowest BCUT2D eigenvalue weighted by molar-refractivity contribution is 0.0969. The SMILES string of the molecule is C=C1/C(=C/C=C2\CCC[C@@]3(C)C2CC[C@@H]3[C@H](C)/C=C/[C@@H](O)C2CC2)C[C@@H](O[Si](C)(C)C(C)(C)C)C[C@@H]1O[Si](C)(C)C(C)(C)C. The minimum absolute atomic E-state index is 0.0233. The zero-order valence-electron chi connectivity index (χ0n) is 30.7. The molecule has 4 fully saturated rings. The molecule has 0 aromatic rings. The van der Waals surface area contributed by atoms with Crippen LogP contribution >= 0.6 is 0 Å². The molecule has 4 rings (SSSR count). The second kappa shape index (κ2) is 13.1. The van der Waals surface area contributed by atoms with Crippen LogP contribution in [0.4, 0.5) is 0 Å². The van der Waals surface area contributed by atoms with E-state index >= 15 is 0 Å². The van der Waals surface area contributed by atoms with E-state index in [2.05, 4.69) is 112 Å². The summed E-state index contributed by atoms with van der Waals surface area (Å²) in [6.07, 6.45) is 19.9. The molecule has 0 heterocycles. The number of aliphatic hydroxyl groups is 1. The van der Waals surface area contributed by atoms with E-state index in [-0.39, 0.29) is 28.4 Å². The molecular weight excluding hydrogens is 573 g/mol. The van der Waals surface area contributed by atoms with Crippen molar-refractivity contribution >= 4 is 16.6 Å². The molecule has 4 saturated carbocycles. The van der Waals surface area contributed by atoms with Crippen molar-refractivity contribution in [2.75, 3.05) is 0 Å². The van der Waals surface area contributed by atoms with E-state index < -0.39 is 16.6 Å². The Morgan fingerprint density at radius 3 is 2.11 bits per heavy atom. The second-order valence-corrected chi connectivity index (χ2v) is 27.9. The smallest absolute Gasteiger partial charge is 0.192 e. The molecule has 0 amide bonds. The van der Waals surface area contributed by atoms with Gasteiger partial charge in [-0.05, 0) is 128 Å². The largest absolute Gasteiger partial charge is 0.413 e. The molecular formula is C39H68O3Si2. The molecule has 0 aliphatic heterocycles. The lowest BCUT2D eigenvalue weighted by Gasteiger charge is -2.45. The fourth-order valence-corrected chi connectivity index (χ4v) is 10.6. The molecule has 3 nitrogen and oxygen atoms in total. The summed E-state index contributed by atoms with van der Waals surface area (Å²) in [6, 6.07) is 0. The molecule has 0 spiro atoms. The van der Waals surface area contributed by atoms with E-state index in [1.807, 2.05) is 0 Å². The number of hydrogen-bond acceptors (Lipinski definition) is 3. The van der Waals surface area contributed by atoms with Gasteiger partial charge in [0.05, 0.1) is 18.3 Å². The molecule has 0 aromatic heterocycles. The van der Waals surface area contributed by atoms with Crippen molar-refractivity contribution in [3.05, 3.63) is 47.6 Å². The molecule has 250 valence electrons. The Morgan fingerprint density at radius 2 is 1.52 bits per heavy atom. The van der Waals surface area contributed by atoms with E-state index in [1.165, 1.54) is 56.1 Å². The van der Waals surface area contributed by atoms with E-state index in [9.17, 15) is 5.11 Å². The highest BCUT2D eigenvalue weighted by atomic mass is 28.4. The highest BCUT2D eigenvalue weighted by molar-refractivity contribution is 6.74. The Balaban J connectivity index is 1.57. The van der Waals surface area contributed by atoms with E-state index in [1.54, 1.807) is 5.57 Å².